The number of amides is 1. The Morgan fingerprint density at radius 1 is 1.25 bits per heavy atom. The molecule has 1 heterocycles. The Morgan fingerprint density at radius 3 is 2.65 bits per heavy atom. The second-order valence-electron chi connectivity index (χ2n) is 4.63. The first-order valence-electron chi connectivity index (χ1n) is 6.48. The van der Waals surface area contributed by atoms with Crippen molar-refractivity contribution in [3.05, 3.63) is 59.4 Å². The van der Waals surface area contributed by atoms with Gasteiger partial charge in [0.2, 0.25) is 0 Å². The van der Waals surface area contributed by atoms with Gasteiger partial charge in [-0.2, -0.15) is 0 Å². The lowest BCUT2D eigenvalue weighted by atomic mass is 10.1. The third-order valence-corrected chi connectivity index (χ3v) is 3.13. The van der Waals surface area contributed by atoms with Crippen LogP contribution in [-0.4, -0.2) is 18.0 Å². The largest absolute Gasteiger partial charge is 0.496 e. The van der Waals surface area contributed by atoms with Crippen LogP contribution in [0.15, 0.2) is 42.6 Å². The number of nitrogens with one attached hydrogen (secondary N) is 1. The highest BCUT2D eigenvalue weighted by atomic mass is 16.5. The Morgan fingerprint density at radius 2 is 2.00 bits per heavy atom. The minimum absolute atomic E-state index is 0.139. The molecule has 0 saturated heterocycles. The smallest absolute Gasteiger partial charge is 0.253 e. The summed E-state index contributed by atoms with van der Waals surface area (Å²) in [6, 6.07) is 11.1. The fraction of sp³-hybridized carbons (Fsp3) is 0.250. The summed E-state index contributed by atoms with van der Waals surface area (Å²) in [4.78, 5) is 16.3. The molecule has 0 spiro atoms. The Bertz CT molecular complexity index is 594. The molecule has 0 aliphatic heterocycles. The minimum atomic E-state index is -0.143. The van der Waals surface area contributed by atoms with Crippen molar-refractivity contribution in [1.29, 1.82) is 0 Å². The van der Waals surface area contributed by atoms with Gasteiger partial charge < -0.3 is 10.1 Å². The van der Waals surface area contributed by atoms with Crippen molar-refractivity contribution in [3.8, 4) is 5.75 Å². The lowest BCUT2D eigenvalue weighted by Gasteiger charge is -2.17. The SMILES string of the molecule is COc1ccccc1[C@@H](C)NC(=O)c1ccc(C)nc1. The molecule has 0 bridgehead atoms. The number of aromatic nitrogens is 1. The number of para-hydroxylation sites is 1. The molecule has 4 heteroatoms. The van der Waals surface area contributed by atoms with Crippen LogP contribution in [0.25, 0.3) is 0 Å². The average Bonchev–Trinajstić information content (AvgIpc) is 2.47. The van der Waals surface area contributed by atoms with E-state index in [1.165, 1.54) is 0 Å². The summed E-state index contributed by atoms with van der Waals surface area (Å²) in [7, 11) is 1.62. The molecule has 0 aliphatic carbocycles. The third-order valence-electron chi connectivity index (χ3n) is 3.13. The molecular formula is C16H18N2O2. The van der Waals surface area contributed by atoms with Crippen LogP contribution in [0.3, 0.4) is 0 Å². The van der Waals surface area contributed by atoms with E-state index in [0.717, 1.165) is 17.0 Å². The highest BCUT2D eigenvalue weighted by Gasteiger charge is 2.14. The number of aryl methyl sites for hydroxylation is 1. The van der Waals surface area contributed by atoms with Gasteiger partial charge in [-0.15, -0.1) is 0 Å². The summed E-state index contributed by atoms with van der Waals surface area (Å²) in [5.74, 6) is 0.623. The van der Waals surface area contributed by atoms with Gasteiger partial charge in [0.25, 0.3) is 5.91 Å². The zero-order valence-electron chi connectivity index (χ0n) is 11.9. The molecule has 0 saturated carbocycles. The maximum absolute atomic E-state index is 12.1. The standard InChI is InChI=1S/C16H18N2O2/c1-11-8-9-13(10-17-11)16(19)18-12(2)14-6-4-5-7-15(14)20-3/h4-10,12H,1-3H3,(H,18,19)/t12-/m1/s1. The monoisotopic (exact) mass is 270 g/mol. The van der Waals surface area contributed by atoms with Gasteiger partial charge in [-0.25, -0.2) is 0 Å². The molecule has 20 heavy (non-hydrogen) atoms. The number of pyridine rings is 1. The number of carbonyl (C=O) groups excluding carboxylic acids is 1. The molecule has 2 rings (SSSR count). The van der Waals surface area contributed by atoms with E-state index < -0.39 is 0 Å². The third kappa shape index (κ3) is 3.15. The minimum Gasteiger partial charge on any atom is -0.496 e. The molecule has 1 amide bonds. The van der Waals surface area contributed by atoms with Crippen LogP contribution in [0, 0.1) is 6.92 Å². The molecule has 1 atom stereocenters. The van der Waals surface area contributed by atoms with Crippen LogP contribution in [0.2, 0.25) is 0 Å². The number of nitrogens with zero attached hydrogens (tertiary/aromatic N) is 1. The van der Waals surface area contributed by atoms with Crippen molar-refractivity contribution < 1.29 is 9.53 Å². The lowest BCUT2D eigenvalue weighted by Crippen LogP contribution is -2.27. The number of methoxy groups -OCH3 is 1. The van der Waals surface area contributed by atoms with Gasteiger partial charge >= 0.3 is 0 Å². The van der Waals surface area contributed by atoms with Crippen molar-refractivity contribution in [1.82, 2.24) is 10.3 Å². The van der Waals surface area contributed by atoms with Gasteiger partial charge in [0.15, 0.2) is 0 Å². The van der Waals surface area contributed by atoms with Gasteiger partial charge in [0, 0.05) is 17.5 Å². The molecule has 104 valence electrons. The summed E-state index contributed by atoms with van der Waals surface area (Å²) >= 11 is 0. The average molecular weight is 270 g/mol. The number of hydrogen-bond donors (Lipinski definition) is 1. The molecular weight excluding hydrogens is 252 g/mol. The van der Waals surface area contributed by atoms with E-state index >= 15 is 0 Å². The number of benzene rings is 1. The maximum atomic E-state index is 12.1. The van der Waals surface area contributed by atoms with E-state index in [9.17, 15) is 4.79 Å². The zero-order valence-corrected chi connectivity index (χ0v) is 11.9. The van der Waals surface area contributed by atoms with E-state index in [1.54, 1.807) is 19.4 Å². The first-order chi connectivity index (χ1) is 9.61. The number of ether oxygens (including phenoxy) is 1. The second kappa shape index (κ2) is 6.19. The van der Waals surface area contributed by atoms with E-state index in [2.05, 4.69) is 10.3 Å². The molecule has 0 fully saturated rings. The molecule has 0 aliphatic rings. The fourth-order valence-electron chi connectivity index (χ4n) is 1.98. The van der Waals surface area contributed by atoms with Crippen LogP contribution >= 0.6 is 0 Å². The molecule has 4 nitrogen and oxygen atoms in total. The molecule has 1 aromatic heterocycles. The molecule has 2 aromatic rings. The fourth-order valence-corrected chi connectivity index (χ4v) is 1.98. The van der Waals surface area contributed by atoms with E-state index in [-0.39, 0.29) is 11.9 Å². The number of carbonyl (C=O) groups is 1. The van der Waals surface area contributed by atoms with Crippen molar-refractivity contribution >= 4 is 5.91 Å². The van der Waals surface area contributed by atoms with Crippen molar-refractivity contribution in [3.63, 3.8) is 0 Å². The Labute approximate surface area is 118 Å². The predicted molar refractivity (Wildman–Crippen MR) is 77.8 cm³/mol. The lowest BCUT2D eigenvalue weighted by molar-refractivity contribution is 0.0939. The number of hydrogen-bond acceptors (Lipinski definition) is 3. The first-order valence-corrected chi connectivity index (χ1v) is 6.48. The van der Waals surface area contributed by atoms with E-state index in [4.69, 9.17) is 4.74 Å². The summed E-state index contributed by atoms with van der Waals surface area (Å²) in [6.45, 7) is 3.82. The van der Waals surface area contributed by atoms with Crippen LogP contribution < -0.4 is 10.1 Å². The van der Waals surface area contributed by atoms with Crippen LogP contribution in [-0.2, 0) is 0 Å². The van der Waals surface area contributed by atoms with Crippen LogP contribution in [0.1, 0.15) is 34.6 Å². The summed E-state index contributed by atoms with van der Waals surface area (Å²) in [5.41, 5.74) is 2.39. The topological polar surface area (TPSA) is 51.2 Å². The molecule has 1 aromatic carbocycles. The number of rotatable bonds is 4. The predicted octanol–water partition coefficient (Wildman–Crippen LogP) is 2.89. The van der Waals surface area contributed by atoms with E-state index in [1.807, 2.05) is 44.2 Å². The van der Waals surface area contributed by atoms with Crippen molar-refractivity contribution in [2.24, 2.45) is 0 Å². The Balaban J connectivity index is 2.13. The summed E-state index contributed by atoms with van der Waals surface area (Å²) in [5, 5.41) is 2.95. The van der Waals surface area contributed by atoms with Crippen molar-refractivity contribution in [2.75, 3.05) is 7.11 Å². The van der Waals surface area contributed by atoms with Gasteiger partial charge in [-0.05, 0) is 32.0 Å². The van der Waals surface area contributed by atoms with Crippen LogP contribution in [0.5, 0.6) is 5.75 Å². The molecule has 0 unspecified atom stereocenters. The van der Waals surface area contributed by atoms with Crippen LogP contribution in [0.4, 0.5) is 0 Å². The summed E-state index contributed by atoms with van der Waals surface area (Å²) in [6.07, 6.45) is 1.58. The highest BCUT2D eigenvalue weighted by Crippen LogP contribution is 2.24. The zero-order chi connectivity index (χ0) is 14.5. The highest BCUT2D eigenvalue weighted by molar-refractivity contribution is 5.94. The Hall–Kier alpha value is -2.36. The first kappa shape index (κ1) is 14.1. The molecule has 1 N–H and O–H groups in total. The van der Waals surface area contributed by atoms with Gasteiger partial charge in [0.05, 0.1) is 18.7 Å². The second-order valence-corrected chi connectivity index (χ2v) is 4.63. The normalized spacial score (nSPS) is 11.8. The van der Waals surface area contributed by atoms with Gasteiger partial charge in [-0.1, -0.05) is 18.2 Å². The van der Waals surface area contributed by atoms with E-state index in [0.29, 0.717) is 5.56 Å². The van der Waals surface area contributed by atoms with Crippen molar-refractivity contribution in [2.45, 2.75) is 19.9 Å². The molecule has 0 radical (unpaired) electrons. The quantitative estimate of drug-likeness (QED) is 0.929. The van der Waals surface area contributed by atoms with Gasteiger partial charge in [0.1, 0.15) is 5.75 Å². The Kier molecular flexibility index (Phi) is 4.35. The van der Waals surface area contributed by atoms with Gasteiger partial charge in [-0.3, -0.25) is 9.78 Å². The summed E-state index contributed by atoms with van der Waals surface area (Å²) < 4.78 is 5.31. The maximum Gasteiger partial charge on any atom is 0.253 e.